The Morgan fingerprint density at radius 2 is 2.15 bits per heavy atom. The molecule has 0 amide bonds. The minimum atomic E-state index is 0.964. The fourth-order valence-electron chi connectivity index (χ4n) is 2.91. The van der Waals surface area contributed by atoms with Crippen LogP contribution >= 0.6 is 15.9 Å². The molecule has 1 aliphatic rings. The molecule has 102 valence electrons. The lowest BCUT2D eigenvalue weighted by atomic mass is 10.1. The van der Waals surface area contributed by atoms with E-state index in [4.69, 9.17) is 4.98 Å². The molecular weight excluding hydrogens is 316 g/mol. The number of nitrogens with zero attached hydrogens (tertiary/aromatic N) is 3. The molecule has 0 atom stereocenters. The smallest absolute Gasteiger partial charge is 0.204 e. The average Bonchev–Trinajstić information content (AvgIpc) is 2.99. The summed E-state index contributed by atoms with van der Waals surface area (Å²) in [6.45, 7) is 2.01. The molecule has 0 fully saturated rings. The number of benzene rings is 1. The number of hydrogen-bond acceptors (Lipinski definition) is 2. The van der Waals surface area contributed by atoms with Crippen molar-refractivity contribution in [2.75, 3.05) is 11.9 Å². The average molecular weight is 331 g/mol. The Morgan fingerprint density at radius 1 is 1.30 bits per heavy atom. The summed E-state index contributed by atoms with van der Waals surface area (Å²) in [6.07, 6.45) is 3.29. The summed E-state index contributed by atoms with van der Waals surface area (Å²) in [7, 11) is 2.08. The number of aryl methyl sites for hydroxylation is 1. The van der Waals surface area contributed by atoms with Crippen molar-refractivity contribution in [3.05, 3.63) is 35.1 Å². The van der Waals surface area contributed by atoms with E-state index in [2.05, 4.69) is 67.9 Å². The van der Waals surface area contributed by atoms with E-state index in [0.29, 0.717) is 0 Å². The normalized spacial score (nSPS) is 14.3. The lowest BCUT2D eigenvalue weighted by Gasteiger charge is -2.15. The van der Waals surface area contributed by atoms with Crippen LogP contribution in [0.1, 0.15) is 6.42 Å². The van der Waals surface area contributed by atoms with E-state index in [1.165, 1.54) is 16.5 Å². The predicted octanol–water partition coefficient (Wildman–Crippen LogP) is 3.62. The molecule has 0 saturated carbocycles. The Bertz CT molecular complexity index is 800. The number of anilines is 1. The third kappa shape index (κ3) is 1.62. The van der Waals surface area contributed by atoms with E-state index in [1.807, 2.05) is 0 Å². The molecule has 1 aliphatic heterocycles. The number of hydrogen-bond donors (Lipinski definition) is 1. The van der Waals surface area contributed by atoms with E-state index in [-0.39, 0.29) is 0 Å². The molecule has 0 aliphatic carbocycles. The molecule has 0 bridgehead atoms. The van der Waals surface area contributed by atoms with Crippen LogP contribution in [0.3, 0.4) is 0 Å². The quantitative estimate of drug-likeness (QED) is 0.739. The maximum Gasteiger partial charge on any atom is 0.204 e. The topological polar surface area (TPSA) is 34.8 Å². The maximum absolute atomic E-state index is 4.78. The van der Waals surface area contributed by atoms with E-state index in [0.717, 1.165) is 35.8 Å². The highest BCUT2D eigenvalue weighted by molar-refractivity contribution is 9.10. The first-order valence-electron chi connectivity index (χ1n) is 6.80. The Balaban J connectivity index is 1.98. The van der Waals surface area contributed by atoms with Crippen LogP contribution in [0.4, 0.5) is 5.95 Å². The number of halogens is 1. The van der Waals surface area contributed by atoms with Gasteiger partial charge in [-0.25, -0.2) is 4.98 Å². The van der Waals surface area contributed by atoms with Gasteiger partial charge in [0.25, 0.3) is 0 Å². The number of rotatable bonds is 1. The summed E-state index contributed by atoms with van der Waals surface area (Å²) < 4.78 is 5.43. The number of imidazole rings is 1. The van der Waals surface area contributed by atoms with E-state index in [1.54, 1.807) is 0 Å². The minimum Gasteiger partial charge on any atom is -0.356 e. The van der Waals surface area contributed by atoms with E-state index in [9.17, 15) is 0 Å². The Kier molecular flexibility index (Phi) is 2.63. The van der Waals surface area contributed by atoms with Gasteiger partial charge in [-0.2, -0.15) is 0 Å². The zero-order valence-corrected chi connectivity index (χ0v) is 12.8. The summed E-state index contributed by atoms with van der Waals surface area (Å²) >= 11 is 3.72. The molecule has 3 heterocycles. The third-order valence-corrected chi connectivity index (χ3v) is 4.70. The maximum atomic E-state index is 4.78. The number of aromatic nitrogens is 3. The Labute approximate surface area is 125 Å². The highest BCUT2D eigenvalue weighted by Gasteiger charge is 2.21. The number of fused-ring (bicyclic) bond motifs is 2. The molecule has 4 rings (SSSR count). The fraction of sp³-hybridized carbons (Fsp3) is 0.267. The molecule has 0 saturated heterocycles. The monoisotopic (exact) mass is 330 g/mol. The van der Waals surface area contributed by atoms with Crippen molar-refractivity contribution in [3.8, 4) is 11.3 Å². The van der Waals surface area contributed by atoms with Gasteiger partial charge in [-0.15, -0.1) is 0 Å². The van der Waals surface area contributed by atoms with Crippen LogP contribution in [0.25, 0.3) is 22.2 Å². The van der Waals surface area contributed by atoms with Crippen molar-refractivity contribution in [1.82, 2.24) is 14.1 Å². The molecule has 4 nitrogen and oxygen atoms in total. The van der Waals surface area contributed by atoms with Crippen LogP contribution in [0.2, 0.25) is 0 Å². The standard InChI is InChI=1S/C15H15BrN4/c1-19-9-11(10-5-2-3-6-12(10)19)13-14(16)20-8-4-7-17-15(20)18-13/h2-3,5-6,9H,4,7-8H2,1H3,(H,17,18). The molecule has 0 radical (unpaired) electrons. The molecule has 0 unspecified atom stereocenters. The summed E-state index contributed by atoms with van der Waals surface area (Å²) in [5.41, 5.74) is 3.43. The highest BCUT2D eigenvalue weighted by Crippen LogP contribution is 2.36. The molecule has 0 spiro atoms. The lowest BCUT2D eigenvalue weighted by molar-refractivity contribution is 0.618. The summed E-state index contributed by atoms with van der Waals surface area (Å²) in [4.78, 5) is 4.78. The van der Waals surface area contributed by atoms with Gasteiger partial charge in [0.2, 0.25) is 5.95 Å². The highest BCUT2D eigenvalue weighted by atomic mass is 79.9. The molecule has 20 heavy (non-hydrogen) atoms. The van der Waals surface area contributed by atoms with Crippen molar-refractivity contribution in [2.24, 2.45) is 7.05 Å². The molecule has 5 heteroatoms. The van der Waals surface area contributed by atoms with Crippen LogP contribution < -0.4 is 5.32 Å². The van der Waals surface area contributed by atoms with Gasteiger partial charge in [0.05, 0.1) is 0 Å². The van der Waals surface area contributed by atoms with Gasteiger partial charge < -0.3 is 14.5 Å². The van der Waals surface area contributed by atoms with Crippen molar-refractivity contribution >= 4 is 32.8 Å². The third-order valence-electron chi connectivity index (χ3n) is 3.90. The van der Waals surface area contributed by atoms with Gasteiger partial charge in [-0.1, -0.05) is 18.2 Å². The fourth-order valence-corrected chi connectivity index (χ4v) is 3.56. The van der Waals surface area contributed by atoms with Crippen LogP contribution in [0.15, 0.2) is 35.1 Å². The van der Waals surface area contributed by atoms with Crippen LogP contribution in [0.5, 0.6) is 0 Å². The molecule has 3 aromatic rings. The minimum absolute atomic E-state index is 0.964. The van der Waals surface area contributed by atoms with Crippen LogP contribution in [0, 0.1) is 0 Å². The number of para-hydroxylation sites is 1. The van der Waals surface area contributed by atoms with E-state index >= 15 is 0 Å². The second-order valence-corrected chi connectivity index (χ2v) is 5.93. The summed E-state index contributed by atoms with van der Waals surface area (Å²) in [6, 6.07) is 8.44. The number of nitrogens with one attached hydrogen (secondary N) is 1. The van der Waals surface area contributed by atoms with Gasteiger partial charge in [0.1, 0.15) is 10.3 Å². The molecule has 2 aromatic heterocycles. The lowest BCUT2D eigenvalue weighted by Crippen LogP contribution is -2.17. The van der Waals surface area contributed by atoms with Crippen molar-refractivity contribution < 1.29 is 0 Å². The zero-order valence-electron chi connectivity index (χ0n) is 11.2. The SMILES string of the molecule is Cn1cc(-c2nc3n(c2Br)CCCN3)c2ccccc21. The van der Waals surface area contributed by atoms with Crippen molar-refractivity contribution in [3.63, 3.8) is 0 Å². The summed E-state index contributed by atoms with van der Waals surface area (Å²) in [5, 5.41) is 4.61. The van der Waals surface area contributed by atoms with Crippen molar-refractivity contribution in [2.45, 2.75) is 13.0 Å². The first-order valence-corrected chi connectivity index (χ1v) is 7.59. The zero-order chi connectivity index (χ0) is 13.7. The van der Waals surface area contributed by atoms with Crippen LogP contribution in [-0.4, -0.2) is 20.7 Å². The molecular formula is C15H15BrN4. The second-order valence-electron chi connectivity index (χ2n) is 5.18. The van der Waals surface area contributed by atoms with E-state index < -0.39 is 0 Å². The first kappa shape index (κ1) is 12.0. The van der Waals surface area contributed by atoms with Crippen LogP contribution in [-0.2, 0) is 13.6 Å². The molecule has 1 aromatic carbocycles. The Morgan fingerprint density at radius 3 is 3.00 bits per heavy atom. The first-order chi connectivity index (χ1) is 9.75. The predicted molar refractivity (Wildman–Crippen MR) is 84.9 cm³/mol. The van der Waals surface area contributed by atoms with Gasteiger partial charge in [-0.3, -0.25) is 0 Å². The van der Waals surface area contributed by atoms with Gasteiger partial charge >= 0.3 is 0 Å². The Hall–Kier alpha value is -1.75. The summed E-state index contributed by atoms with van der Waals surface area (Å²) in [5.74, 6) is 0.964. The second kappa shape index (κ2) is 4.38. The van der Waals surface area contributed by atoms with Gasteiger partial charge in [0, 0.05) is 42.8 Å². The molecule has 1 N–H and O–H groups in total. The largest absolute Gasteiger partial charge is 0.356 e. The van der Waals surface area contributed by atoms with Gasteiger partial charge in [0.15, 0.2) is 0 Å². The van der Waals surface area contributed by atoms with Gasteiger partial charge in [-0.05, 0) is 28.4 Å². The van der Waals surface area contributed by atoms with Crippen molar-refractivity contribution in [1.29, 1.82) is 0 Å².